The van der Waals surface area contributed by atoms with Crippen LogP contribution >= 0.6 is 15.4 Å². The lowest BCUT2D eigenvalue weighted by Gasteiger charge is -2.21. The third kappa shape index (κ3) is 5.51. The second-order valence-electron chi connectivity index (χ2n) is 2.43. The van der Waals surface area contributed by atoms with Gasteiger partial charge in [-0.1, -0.05) is 0 Å². The van der Waals surface area contributed by atoms with Gasteiger partial charge in [0.2, 0.25) is 0 Å². The van der Waals surface area contributed by atoms with Crippen molar-refractivity contribution in [1.29, 1.82) is 0 Å². The average Bonchev–Trinajstić information content (AvgIpc) is 1.77. The molecule has 0 aromatic heterocycles. The van der Waals surface area contributed by atoms with E-state index in [4.69, 9.17) is 25.3 Å². The van der Waals surface area contributed by atoms with E-state index >= 15 is 0 Å². The summed E-state index contributed by atoms with van der Waals surface area (Å²) in [5.41, 5.74) is 5.07. The molecule has 6 N–H and O–H groups in total. The molecule has 0 rings (SSSR count). The summed E-state index contributed by atoms with van der Waals surface area (Å²) in [4.78, 5) is 33.7. The van der Waals surface area contributed by atoms with Crippen molar-refractivity contribution in [1.82, 2.24) is 0 Å². The van der Waals surface area contributed by atoms with Crippen molar-refractivity contribution in [2.75, 3.05) is 0 Å². The van der Waals surface area contributed by atoms with E-state index in [-0.39, 0.29) is 0 Å². The first-order valence-electron chi connectivity index (χ1n) is 3.09. The third-order valence-electron chi connectivity index (χ3n) is 1.03. The zero-order valence-corrected chi connectivity index (χ0v) is 8.43. The van der Waals surface area contributed by atoms with Crippen molar-refractivity contribution < 1.29 is 33.2 Å². The fourth-order valence-electron chi connectivity index (χ4n) is 0.604. The molecule has 80 valence electrons. The Bertz CT molecular complexity index is 252. The van der Waals surface area contributed by atoms with Gasteiger partial charge in [0, 0.05) is 6.04 Å². The van der Waals surface area contributed by atoms with Crippen LogP contribution in [0.1, 0.15) is 6.92 Å². The van der Waals surface area contributed by atoms with E-state index < -0.39 is 27.3 Å². The molecule has 0 saturated carbocycles. The predicted molar refractivity (Wildman–Crippen MR) is 42.6 cm³/mol. The van der Waals surface area contributed by atoms with Gasteiger partial charge in [-0.3, -0.25) is 9.09 Å². The maximum atomic E-state index is 10.6. The van der Waals surface area contributed by atoms with Gasteiger partial charge < -0.3 is 25.3 Å². The molecule has 0 aliphatic heterocycles. The predicted octanol–water partition coefficient (Wildman–Crippen LogP) is -1.05. The van der Waals surface area contributed by atoms with Crippen LogP contribution in [0, 0.1) is 0 Å². The Kier molecular flexibility index (Phi) is 4.23. The molecule has 0 aromatic rings. The van der Waals surface area contributed by atoms with E-state index in [1.165, 1.54) is 6.92 Å². The number of rotatable bonds is 4. The maximum absolute atomic E-state index is 10.6. The van der Waals surface area contributed by atoms with Crippen LogP contribution in [0.15, 0.2) is 0 Å². The van der Waals surface area contributed by atoms with Gasteiger partial charge in [-0.05, 0) is 6.92 Å². The molecule has 0 saturated heterocycles. The molecule has 0 spiro atoms. The summed E-state index contributed by atoms with van der Waals surface area (Å²) < 4.78 is 24.7. The largest absolute Gasteiger partial charge is 0.470 e. The van der Waals surface area contributed by atoms with Crippen LogP contribution in [0.4, 0.5) is 0 Å². The van der Waals surface area contributed by atoms with Gasteiger partial charge in [0.25, 0.3) is 0 Å². The van der Waals surface area contributed by atoms with Crippen LogP contribution in [0.3, 0.4) is 0 Å². The molecule has 1 unspecified atom stereocenters. The zero-order chi connectivity index (χ0) is 10.9. The Morgan fingerprint density at radius 2 is 1.62 bits per heavy atom. The molecule has 13 heavy (non-hydrogen) atoms. The minimum atomic E-state index is -4.94. The van der Waals surface area contributed by atoms with Gasteiger partial charge in [-0.25, -0.2) is 4.57 Å². The van der Waals surface area contributed by atoms with Gasteiger partial charge in [-0.2, -0.15) is 0 Å². The Morgan fingerprint density at radius 3 is 1.69 bits per heavy atom. The molecule has 0 fully saturated rings. The van der Waals surface area contributed by atoms with Gasteiger partial charge in [-0.15, -0.1) is 0 Å². The molecule has 2 atom stereocenters. The number of hydrogen-bond donors (Lipinski definition) is 5. The fraction of sp³-hybridized carbons (Fsp3) is 1.00. The van der Waals surface area contributed by atoms with Gasteiger partial charge in [0.15, 0.2) is 5.85 Å². The highest BCUT2D eigenvalue weighted by molar-refractivity contribution is 7.53. The van der Waals surface area contributed by atoms with E-state index in [0.29, 0.717) is 0 Å². The van der Waals surface area contributed by atoms with E-state index in [2.05, 4.69) is 4.52 Å². The number of phosphoric acid groups is 1. The summed E-state index contributed by atoms with van der Waals surface area (Å²) in [7, 11) is -9.71. The van der Waals surface area contributed by atoms with Gasteiger partial charge >= 0.3 is 15.4 Å². The second-order valence-corrected chi connectivity index (χ2v) is 5.31. The first kappa shape index (κ1) is 13.2. The third-order valence-corrected chi connectivity index (χ3v) is 2.93. The number of nitrogens with two attached hydrogens (primary N) is 1. The molecule has 8 nitrogen and oxygen atoms in total. The lowest BCUT2D eigenvalue weighted by atomic mass is 10.4. The minimum Gasteiger partial charge on any atom is -0.325 e. The van der Waals surface area contributed by atoms with Crippen LogP contribution < -0.4 is 5.73 Å². The SMILES string of the molecule is C[C@H](N)C(OP(=O)(O)O)P(=O)(O)O. The van der Waals surface area contributed by atoms with E-state index in [9.17, 15) is 9.13 Å². The summed E-state index contributed by atoms with van der Waals surface area (Å²) in [6.07, 6.45) is 0. The standard InChI is InChI=1S/C3H11NO7P2/c1-2(4)3(12(5,6)7)11-13(8,9)10/h2-3H,4H2,1H3,(H2,5,6,7)(H2,8,9,10)/t2-,3?/m0/s1. The van der Waals surface area contributed by atoms with Crippen LogP contribution in [-0.2, 0) is 13.7 Å². The Balaban J connectivity index is 4.67. The summed E-state index contributed by atoms with van der Waals surface area (Å²) in [5.74, 6) is -1.99. The lowest BCUT2D eigenvalue weighted by molar-refractivity contribution is 0.142. The van der Waals surface area contributed by atoms with Gasteiger partial charge in [0.05, 0.1) is 0 Å². The minimum absolute atomic E-state index is 1.17. The topological polar surface area (TPSA) is 150 Å². The van der Waals surface area contributed by atoms with E-state index in [0.717, 1.165) is 0 Å². The normalized spacial score (nSPS) is 18.3. The summed E-state index contributed by atoms with van der Waals surface area (Å²) in [5, 5.41) is 0. The lowest BCUT2D eigenvalue weighted by Crippen LogP contribution is -2.33. The molecule has 0 aliphatic carbocycles. The summed E-state index contributed by atoms with van der Waals surface area (Å²) in [6, 6.07) is -1.19. The maximum Gasteiger partial charge on any atom is 0.470 e. The Hall–Kier alpha value is 0.220. The zero-order valence-electron chi connectivity index (χ0n) is 6.64. The van der Waals surface area contributed by atoms with Crippen molar-refractivity contribution in [3.8, 4) is 0 Å². The molecule has 0 heterocycles. The monoisotopic (exact) mass is 235 g/mol. The smallest absolute Gasteiger partial charge is 0.325 e. The summed E-state index contributed by atoms with van der Waals surface area (Å²) >= 11 is 0. The van der Waals surface area contributed by atoms with Crippen molar-refractivity contribution in [2.45, 2.75) is 18.8 Å². The molecule has 0 aromatic carbocycles. The first-order chi connectivity index (χ1) is 5.54. The van der Waals surface area contributed by atoms with Crippen molar-refractivity contribution in [2.24, 2.45) is 5.73 Å². The highest BCUT2D eigenvalue weighted by atomic mass is 31.2. The van der Waals surface area contributed by atoms with E-state index in [1.54, 1.807) is 0 Å². The number of phosphoric ester groups is 1. The molecule has 0 radical (unpaired) electrons. The molecular weight excluding hydrogens is 224 g/mol. The first-order valence-corrected chi connectivity index (χ1v) is 6.30. The van der Waals surface area contributed by atoms with Crippen molar-refractivity contribution in [3.05, 3.63) is 0 Å². The van der Waals surface area contributed by atoms with Crippen LogP contribution in [0.2, 0.25) is 0 Å². The van der Waals surface area contributed by atoms with Crippen molar-refractivity contribution in [3.63, 3.8) is 0 Å². The van der Waals surface area contributed by atoms with Crippen LogP contribution in [0.5, 0.6) is 0 Å². The number of hydrogen-bond acceptors (Lipinski definition) is 4. The molecule has 10 heteroatoms. The highest BCUT2D eigenvalue weighted by Gasteiger charge is 2.38. The fourth-order valence-corrected chi connectivity index (χ4v) is 2.55. The van der Waals surface area contributed by atoms with Crippen LogP contribution in [0.25, 0.3) is 0 Å². The molecule has 0 aliphatic rings. The molecule has 0 bridgehead atoms. The van der Waals surface area contributed by atoms with E-state index in [1.807, 2.05) is 0 Å². The second kappa shape index (κ2) is 4.16. The van der Waals surface area contributed by atoms with Gasteiger partial charge in [0.1, 0.15) is 0 Å². The molecule has 0 amide bonds. The van der Waals surface area contributed by atoms with Crippen LogP contribution in [-0.4, -0.2) is 31.5 Å². The Morgan fingerprint density at radius 1 is 1.23 bits per heavy atom. The van der Waals surface area contributed by atoms with Crippen molar-refractivity contribution >= 4 is 15.4 Å². The molecular formula is C3H11NO7P2. The average molecular weight is 235 g/mol. The quantitative estimate of drug-likeness (QED) is 0.387. The summed E-state index contributed by atoms with van der Waals surface area (Å²) in [6.45, 7) is 1.17. The highest BCUT2D eigenvalue weighted by Crippen LogP contribution is 2.51. The Labute approximate surface area is 74.1 Å².